The lowest BCUT2D eigenvalue weighted by Crippen LogP contribution is -2.28. The first-order valence-electron chi connectivity index (χ1n) is 8.75. The number of ether oxygens (including phenoxy) is 1. The molecule has 0 bridgehead atoms. The molecule has 1 heterocycles. The van der Waals surface area contributed by atoms with Crippen LogP contribution in [-0.4, -0.2) is 12.1 Å². The first-order valence-corrected chi connectivity index (χ1v) is 8.75. The molecular weight excluding hydrogens is 303 g/mol. The van der Waals surface area contributed by atoms with Gasteiger partial charge in [0.1, 0.15) is 11.9 Å². The third-order valence-corrected chi connectivity index (χ3v) is 4.57. The standard InChI is InChI=1S/C21H23FO2/c1-3-5-14-7-9-15(10-8-14)18-12-11-16-13-17(6-4-2)24-21(23)19(16)20(18)22/h7-12,17H,3-6,13H2,1-2H3. The van der Waals surface area contributed by atoms with Gasteiger partial charge in [0.05, 0.1) is 5.56 Å². The Morgan fingerprint density at radius 1 is 1.08 bits per heavy atom. The van der Waals surface area contributed by atoms with Crippen molar-refractivity contribution in [3.8, 4) is 11.1 Å². The molecule has 2 aromatic rings. The van der Waals surface area contributed by atoms with E-state index in [0.717, 1.165) is 36.8 Å². The van der Waals surface area contributed by atoms with Crippen LogP contribution in [0.1, 0.15) is 54.6 Å². The summed E-state index contributed by atoms with van der Waals surface area (Å²) in [6, 6.07) is 11.5. The second kappa shape index (κ2) is 7.16. The minimum absolute atomic E-state index is 0.109. The lowest BCUT2D eigenvalue weighted by molar-refractivity contribution is 0.0230. The number of hydrogen-bond donors (Lipinski definition) is 0. The van der Waals surface area contributed by atoms with Crippen LogP contribution in [0.3, 0.4) is 0 Å². The van der Waals surface area contributed by atoms with Crippen LogP contribution in [0.4, 0.5) is 4.39 Å². The van der Waals surface area contributed by atoms with E-state index in [1.165, 1.54) is 5.56 Å². The van der Waals surface area contributed by atoms with Crippen LogP contribution in [0.5, 0.6) is 0 Å². The van der Waals surface area contributed by atoms with Crippen molar-refractivity contribution >= 4 is 5.97 Å². The molecule has 0 spiro atoms. The van der Waals surface area contributed by atoms with E-state index in [0.29, 0.717) is 12.0 Å². The molecule has 0 aromatic heterocycles. The highest BCUT2D eigenvalue weighted by atomic mass is 19.1. The van der Waals surface area contributed by atoms with E-state index in [1.54, 1.807) is 6.07 Å². The zero-order valence-corrected chi connectivity index (χ0v) is 14.3. The van der Waals surface area contributed by atoms with Gasteiger partial charge in [-0.25, -0.2) is 9.18 Å². The van der Waals surface area contributed by atoms with E-state index in [4.69, 9.17) is 4.74 Å². The number of rotatable bonds is 5. The van der Waals surface area contributed by atoms with E-state index >= 15 is 0 Å². The molecule has 2 aromatic carbocycles. The van der Waals surface area contributed by atoms with E-state index < -0.39 is 11.8 Å². The van der Waals surface area contributed by atoms with Crippen molar-refractivity contribution in [2.45, 2.75) is 52.1 Å². The maximum absolute atomic E-state index is 15.0. The predicted octanol–water partition coefficient (Wildman–Crippen LogP) is 5.33. The van der Waals surface area contributed by atoms with Gasteiger partial charge >= 0.3 is 5.97 Å². The summed E-state index contributed by atoms with van der Waals surface area (Å²) < 4.78 is 20.3. The highest BCUT2D eigenvalue weighted by molar-refractivity contribution is 5.94. The summed E-state index contributed by atoms with van der Waals surface area (Å²) in [5, 5.41) is 0. The van der Waals surface area contributed by atoms with Gasteiger partial charge in [0.25, 0.3) is 0 Å². The van der Waals surface area contributed by atoms with E-state index in [-0.39, 0.29) is 11.7 Å². The number of aryl methyl sites for hydroxylation is 1. The first-order chi connectivity index (χ1) is 11.6. The second-order valence-corrected chi connectivity index (χ2v) is 6.43. The molecule has 126 valence electrons. The lowest BCUT2D eigenvalue weighted by atomic mass is 9.92. The molecular formula is C21H23FO2. The number of fused-ring (bicyclic) bond motifs is 1. The molecule has 0 amide bonds. The number of carbonyl (C=O) groups is 1. The van der Waals surface area contributed by atoms with Crippen LogP contribution in [0.2, 0.25) is 0 Å². The van der Waals surface area contributed by atoms with Crippen molar-refractivity contribution in [1.29, 1.82) is 0 Å². The molecule has 1 aliphatic rings. The normalized spacial score (nSPS) is 16.6. The number of hydrogen-bond acceptors (Lipinski definition) is 2. The maximum Gasteiger partial charge on any atom is 0.341 e. The van der Waals surface area contributed by atoms with Gasteiger partial charge in [0, 0.05) is 12.0 Å². The van der Waals surface area contributed by atoms with E-state index in [1.807, 2.05) is 30.3 Å². The largest absolute Gasteiger partial charge is 0.458 e. The van der Waals surface area contributed by atoms with Crippen LogP contribution in [-0.2, 0) is 17.6 Å². The molecule has 1 atom stereocenters. The zero-order valence-electron chi connectivity index (χ0n) is 14.3. The van der Waals surface area contributed by atoms with Gasteiger partial charge in [-0.3, -0.25) is 0 Å². The number of benzene rings is 2. The van der Waals surface area contributed by atoms with Crippen molar-refractivity contribution in [3.63, 3.8) is 0 Å². The summed E-state index contributed by atoms with van der Waals surface area (Å²) in [5.41, 5.74) is 3.36. The Labute approximate surface area is 142 Å². The average Bonchev–Trinajstić information content (AvgIpc) is 2.56. The van der Waals surface area contributed by atoms with Crippen LogP contribution in [0.25, 0.3) is 11.1 Å². The highest BCUT2D eigenvalue weighted by Crippen LogP contribution is 2.32. The Hall–Kier alpha value is -2.16. The Balaban J connectivity index is 1.95. The Bertz CT molecular complexity index is 734. The van der Waals surface area contributed by atoms with Crippen molar-refractivity contribution in [1.82, 2.24) is 0 Å². The predicted molar refractivity (Wildman–Crippen MR) is 93.6 cm³/mol. The monoisotopic (exact) mass is 326 g/mol. The molecule has 1 unspecified atom stereocenters. The molecule has 0 saturated heterocycles. The van der Waals surface area contributed by atoms with Gasteiger partial charge < -0.3 is 4.74 Å². The van der Waals surface area contributed by atoms with Gasteiger partial charge in [-0.2, -0.15) is 0 Å². The molecule has 0 N–H and O–H groups in total. The molecule has 2 nitrogen and oxygen atoms in total. The Morgan fingerprint density at radius 3 is 2.50 bits per heavy atom. The van der Waals surface area contributed by atoms with Crippen molar-refractivity contribution in [3.05, 3.63) is 58.9 Å². The third kappa shape index (κ3) is 3.21. The minimum atomic E-state index is -0.531. The molecule has 0 aliphatic carbocycles. The summed E-state index contributed by atoms with van der Waals surface area (Å²) in [6.45, 7) is 4.18. The summed E-state index contributed by atoms with van der Waals surface area (Å²) in [5.74, 6) is -0.993. The molecule has 0 radical (unpaired) electrons. The molecule has 3 heteroatoms. The highest BCUT2D eigenvalue weighted by Gasteiger charge is 2.30. The average molecular weight is 326 g/mol. The fraction of sp³-hybridized carbons (Fsp3) is 0.381. The maximum atomic E-state index is 15.0. The van der Waals surface area contributed by atoms with Crippen molar-refractivity contribution < 1.29 is 13.9 Å². The molecule has 0 fully saturated rings. The summed E-state index contributed by atoms with van der Waals surface area (Å²) in [7, 11) is 0. The fourth-order valence-electron chi connectivity index (χ4n) is 3.35. The first kappa shape index (κ1) is 16.7. The minimum Gasteiger partial charge on any atom is -0.458 e. The van der Waals surface area contributed by atoms with Gasteiger partial charge in [-0.1, -0.05) is 63.1 Å². The molecule has 3 rings (SSSR count). The molecule has 1 aliphatic heterocycles. The Kier molecular flexibility index (Phi) is 4.98. The zero-order chi connectivity index (χ0) is 17.1. The van der Waals surface area contributed by atoms with Crippen LogP contribution < -0.4 is 0 Å². The Morgan fingerprint density at radius 2 is 1.83 bits per heavy atom. The lowest BCUT2D eigenvalue weighted by Gasteiger charge is -2.25. The number of cyclic esters (lactones) is 1. The van der Waals surface area contributed by atoms with Gasteiger partial charge in [0.15, 0.2) is 0 Å². The van der Waals surface area contributed by atoms with Gasteiger partial charge in [0.2, 0.25) is 0 Å². The SMILES string of the molecule is CCCc1ccc(-c2ccc3c(c2F)C(=O)OC(CCC)C3)cc1. The number of halogens is 1. The third-order valence-electron chi connectivity index (χ3n) is 4.57. The van der Waals surface area contributed by atoms with Crippen molar-refractivity contribution in [2.24, 2.45) is 0 Å². The summed E-state index contributed by atoms with van der Waals surface area (Å²) in [4.78, 5) is 12.3. The van der Waals surface area contributed by atoms with Crippen molar-refractivity contribution in [2.75, 3.05) is 0 Å². The molecule has 24 heavy (non-hydrogen) atoms. The fourth-order valence-corrected chi connectivity index (χ4v) is 3.35. The van der Waals surface area contributed by atoms with Crippen LogP contribution in [0.15, 0.2) is 36.4 Å². The smallest absolute Gasteiger partial charge is 0.341 e. The quantitative estimate of drug-likeness (QED) is 0.694. The number of esters is 1. The van der Waals surface area contributed by atoms with Gasteiger partial charge in [-0.05, 0) is 29.5 Å². The van der Waals surface area contributed by atoms with Crippen LogP contribution >= 0.6 is 0 Å². The number of carbonyl (C=O) groups excluding carboxylic acids is 1. The topological polar surface area (TPSA) is 26.3 Å². The summed E-state index contributed by atoms with van der Waals surface area (Å²) in [6.07, 6.45) is 4.32. The molecule has 0 saturated carbocycles. The van der Waals surface area contributed by atoms with E-state index in [9.17, 15) is 9.18 Å². The second-order valence-electron chi connectivity index (χ2n) is 6.43. The van der Waals surface area contributed by atoms with Gasteiger partial charge in [-0.15, -0.1) is 0 Å². The van der Waals surface area contributed by atoms with E-state index in [2.05, 4.69) is 13.8 Å². The summed E-state index contributed by atoms with van der Waals surface area (Å²) >= 11 is 0. The van der Waals surface area contributed by atoms with Crippen LogP contribution in [0, 0.1) is 5.82 Å².